The summed E-state index contributed by atoms with van der Waals surface area (Å²) >= 11 is 0. The molecule has 0 aliphatic carbocycles. The van der Waals surface area contributed by atoms with Gasteiger partial charge in [0.2, 0.25) is 0 Å². The van der Waals surface area contributed by atoms with Crippen LogP contribution in [0.15, 0.2) is 0 Å². The zero-order valence-corrected chi connectivity index (χ0v) is 9.05. The first-order valence-corrected chi connectivity index (χ1v) is 5.51. The molecule has 0 aromatic rings. The van der Waals surface area contributed by atoms with Gasteiger partial charge in [0.25, 0.3) is 0 Å². The van der Waals surface area contributed by atoms with Gasteiger partial charge in [0, 0.05) is 0 Å². The molecule has 0 radical (unpaired) electrons. The van der Waals surface area contributed by atoms with Crippen LogP contribution in [0, 0.1) is 0 Å². The topological polar surface area (TPSA) is 32.8 Å². The SMILES string of the molecule is CCCCC[C@H](O)[C@@]1(C)O[C@@H]1CC. The van der Waals surface area contributed by atoms with Crippen molar-refractivity contribution in [3.05, 3.63) is 0 Å². The fourth-order valence-corrected chi connectivity index (χ4v) is 1.93. The van der Waals surface area contributed by atoms with Crippen molar-refractivity contribution in [2.24, 2.45) is 0 Å². The minimum absolute atomic E-state index is 0.220. The van der Waals surface area contributed by atoms with Crippen molar-refractivity contribution in [1.82, 2.24) is 0 Å². The molecule has 1 heterocycles. The summed E-state index contributed by atoms with van der Waals surface area (Å²) in [5, 5.41) is 9.85. The smallest absolute Gasteiger partial charge is 0.118 e. The molecule has 1 N–H and O–H groups in total. The summed E-state index contributed by atoms with van der Waals surface area (Å²) < 4.78 is 5.50. The first-order valence-electron chi connectivity index (χ1n) is 5.51. The van der Waals surface area contributed by atoms with Crippen LogP contribution < -0.4 is 0 Å². The van der Waals surface area contributed by atoms with Crippen LogP contribution in [0.2, 0.25) is 0 Å². The molecule has 2 nitrogen and oxygen atoms in total. The molecule has 13 heavy (non-hydrogen) atoms. The van der Waals surface area contributed by atoms with E-state index in [1.165, 1.54) is 12.8 Å². The second-order valence-corrected chi connectivity index (χ2v) is 4.21. The summed E-state index contributed by atoms with van der Waals surface area (Å²) in [5.41, 5.74) is -0.220. The van der Waals surface area contributed by atoms with Crippen molar-refractivity contribution in [1.29, 1.82) is 0 Å². The monoisotopic (exact) mass is 186 g/mol. The summed E-state index contributed by atoms with van der Waals surface area (Å²) in [7, 11) is 0. The van der Waals surface area contributed by atoms with E-state index in [4.69, 9.17) is 4.74 Å². The molecular formula is C11H22O2. The molecule has 0 bridgehead atoms. The molecule has 2 heteroatoms. The Hall–Kier alpha value is -0.0800. The van der Waals surface area contributed by atoms with Crippen molar-refractivity contribution < 1.29 is 9.84 Å². The lowest BCUT2D eigenvalue weighted by Crippen LogP contribution is -2.28. The Labute approximate surface area is 81.3 Å². The highest BCUT2D eigenvalue weighted by Gasteiger charge is 2.55. The van der Waals surface area contributed by atoms with Gasteiger partial charge in [-0.05, 0) is 19.8 Å². The summed E-state index contributed by atoms with van der Waals surface area (Å²) in [5.74, 6) is 0. The standard InChI is InChI=1S/C11H22O2/c1-4-6-7-8-9(12)11(3)10(5-2)13-11/h9-10,12H,4-8H2,1-3H3/t9-,10+,11+/m0/s1. The Morgan fingerprint density at radius 2 is 2.08 bits per heavy atom. The van der Waals surface area contributed by atoms with Crippen LogP contribution in [0.5, 0.6) is 0 Å². The minimum atomic E-state index is -0.260. The summed E-state index contributed by atoms with van der Waals surface area (Å²) in [6, 6.07) is 0. The van der Waals surface area contributed by atoms with Gasteiger partial charge in [-0.1, -0.05) is 33.1 Å². The van der Waals surface area contributed by atoms with Crippen molar-refractivity contribution in [3.8, 4) is 0 Å². The molecule has 1 saturated heterocycles. The Morgan fingerprint density at radius 3 is 2.54 bits per heavy atom. The number of hydrogen-bond donors (Lipinski definition) is 1. The quantitative estimate of drug-likeness (QED) is 0.510. The van der Waals surface area contributed by atoms with E-state index in [0.29, 0.717) is 6.10 Å². The van der Waals surface area contributed by atoms with Crippen molar-refractivity contribution in [2.45, 2.75) is 70.7 Å². The Balaban J connectivity index is 2.20. The zero-order chi connectivity index (χ0) is 9.90. The number of hydrogen-bond acceptors (Lipinski definition) is 2. The summed E-state index contributed by atoms with van der Waals surface area (Å²) in [4.78, 5) is 0. The van der Waals surface area contributed by atoms with Gasteiger partial charge >= 0.3 is 0 Å². The number of aliphatic hydroxyl groups excluding tert-OH is 1. The number of ether oxygens (including phenoxy) is 1. The highest BCUT2D eigenvalue weighted by molar-refractivity contribution is 5.03. The van der Waals surface area contributed by atoms with E-state index in [0.717, 1.165) is 19.3 Å². The van der Waals surface area contributed by atoms with E-state index < -0.39 is 0 Å². The fraction of sp³-hybridized carbons (Fsp3) is 1.00. The van der Waals surface area contributed by atoms with Crippen LogP contribution >= 0.6 is 0 Å². The van der Waals surface area contributed by atoms with Crippen LogP contribution in [0.4, 0.5) is 0 Å². The molecule has 1 rings (SSSR count). The Kier molecular flexibility index (Phi) is 3.74. The van der Waals surface area contributed by atoms with E-state index in [-0.39, 0.29) is 11.7 Å². The maximum Gasteiger partial charge on any atom is 0.118 e. The van der Waals surface area contributed by atoms with Crippen molar-refractivity contribution in [2.75, 3.05) is 0 Å². The van der Waals surface area contributed by atoms with Crippen molar-refractivity contribution >= 4 is 0 Å². The molecule has 3 atom stereocenters. The average Bonchev–Trinajstić information content (AvgIpc) is 2.79. The molecule has 1 fully saturated rings. The average molecular weight is 186 g/mol. The number of unbranched alkanes of at least 4 members (excludes halogenated alkanes) is 2. The molecular weight excluding hydrogens is 164 g/mol. The third-order valence-corrected chi connectivity index (χ3v) is 3.09. The first kappa shape index (κ1) is 11.0. The summed E-state index contributed by atoms with van der Waals surface area (Å²) in [6.07, 6.45) is 5.48. The van der Waals surface area contributed by atoms with Crippen LogP contribution in [-0.2, 0) is 4.74 Å². The maximum atomic E-state index is 9.85. The van der Waals surface area contributed by atoms with E-state index >= 15 is 0 Å². The van der Waals surface area contributed by atoms with E-state index in [9.17, 15) is 5.11 Å². The van der Waals surface area contributed by atoms with Gasteiger partial charge < -0.3 is 9.84 Å². The van der Waals surface area contributed by atoms with Gasteiger partial charge in [0.05, 0.1) is 12.2 Å². The number of epoxide rings is 1. The largest absolute Gasteiger partial charge is 0.390 e. The van der Waals surface area contributed by atoms with Crippen LogP contribution in [-0.4, -0.2) is 22.9 Å². The van der Waals surface area contributed by atoms with E-state index in [1.807, 2.05) is 6.92 Å². The van der Waals surface area contributed by atoms with Gasteiger partial charge in [-0.3, -0.25) is 0 Å². The van der Waals surface area contributed by atoms with Gasteiger partial charge in [-0.25, -0.2) is 0 Å². The predicted molar refractivity (Wildman–Crippen MR) is 53.7 cm³/mol. The maximum absolute atomic E-state index is 9.85. The Bertz CT molecular complexity index is 158. The van der Waals surface area contributed by atoms with E-state index in [1.54, 1.807) is 0 Å². The van der Waals surface area contributed by atoms with Gasteiger partial charge in [-0.2, -0.15) is 0 Å². The highest BCUT2D eigenvalue weighted by Crippen LogP contribution is 2.42. The zero-order valence-electron chi connectivity index (χ0n) is 9.05. The lowest BCUT2D eigenvalue weighted by molar-refractivity contribution is 0.0752. The fourth-order valence-electron chi connectivity index (χ4n) is 1.93. The highest BCUT2D eigenvalue weighted by atomic mass is 16.6. The molecule has 0 saturated carbocycles. The number of aliphatic hydroxyl groups is 1. The van der Waals surface area contributed by atoms with E-state index in [2.05, 4.69) is 13.8 Å². The second-order valence-electron chi connectivity index (χ2n) is 4.21. The third kappa shape index (κ3) is 2.44. The second kappa shape index (κ2) is 4.43. The third-order valence-electron chi connectivity index (χ3n) is 3.09. The van der Waals surface area contributed by atoms with Gasteiger partial charge in [0.15, 0.2) is 0 Å². The van der Waals surface area contributed by atoms with Crippen LogP contribution in [0.3, 0.4) is 0 Å². The normalized spacial score (nSPS) is 34.6. The number of rotatable bonds is 6. The molecule has 0 spiro atoms. The van der Waals surface area contributed by atoms with Crippen LogP contribution in [0.1, 0.15) is 52.9 Å². The van der Waals surface area contributed by atoms with Crippen molar-refractivity contribution in [3.63, 3.8) is 0 Å². The van der Waals surface area contributed by atoms with Crippen LogP contribution in [0.25, 0.3) is 0 Å². The summed E-state index contributed by atoms with van der Waals surface area (Å²) in [6.45, 7) is 6.31. The molecule has 0 aromatic carbocycles. The first-order chi connectivity index (χ1) is 6.15. The molecule has 1 aliphatic rings. The Morgan fingerprint density at radius 1 is 1.38 bits per heavy atom. The lowest BCUT2D eigenvalue weighted by atomic mass is 9.95. The van der Waals surface area contributed by atoms with Gasteiger partial charge in [0.1, 0.15) is 5.60 Å². The molecule has 0 unspecified atom stereocenters. The predicted octanol–water partition coefficient (Wildman–Crippen LogP) is 2.50. The molecule has 1 aliphatic heterocycles. The molecule has 0 aromatic heterocycles. The minimum Gasteiger partial charge on any atom is -0.390 e. The lowest BCUT2D eigenvalue weighted by Gasteiger charge is -2.14. The molecule has 78 valence electrons. The molecule has 0 amide bonds. The van der Waals surface area contributed by atoms with Gasteiger partial charge in [-0.15, -0.1) is 0 Å².